The molecule has 0 bridgehead atoms. The zero-order chi connectivity index (χ0) is 12.8. The van der Waals surface area contributed by atoms with Gasteiger partial charge in [-0.15, -0.1) is 0 Å². The van der Waals surface area contributed by atoms with Crippen molar-refractivity contribution in [3.05, 3.63) is 35.9 Å². The molecule has 1 heterocycles. The summed E-state index contributed by atoms with van der Waals surface area (Å²) in [5.74, 6) is -0.0557. The first-order chi connectivity index (χ1) is 8.75. The maximum absolute atomic E-state index is 10.6. The summed E-state index contributed by atoms with van der Waals surface area (Å²) in [5.41, 5.74) is 1.43. The summed E-state index contributed by atoms with van der Waals surface area (Å²) in [5, 5.41) is 8.72. The Labute approximate surface area is 108 Å². The van der Waals surface area contributed by atoms with E-state index in [1.54, 1.807) is 0 Å². The van der Waals surface area contributed by atoms with Gasteiger partial charge in [0.25, 0.3) is 0 Å². The molecule has 98 valence electrons. The van der Waals surface area contributed by atoms with Crippen molar-refractivity contribution in [1.82, 2.24) is 4.90 Å². The standard InChI is InChI=1S/C15H21NO2/c17-15(18)9-12-16-10-4-7-14(8-11-16)13-5-2-1-3-6-13/h1-3,5-6,14H,4,7-12H2,(H,17,18). The lowest BCUT2D eigenvalue weighted by molar-refractivity contribution is -0.137. The van der Waals surface area contributed by atoms with E-state index in [1.165, 1.54) is 18.4 Å². The van der Waals surface area contributed by atoms with E-state index < -0.39 is 5.97 Å². The molecule has 1 unspecified atom stereocenters. The third-order valence-electron chi connectivity index (χ3n) is 3.73. The highest BCUT2D eigenvalue weighted by atomic mass is 16.4. The summed E-state index contributed by atoms with van der Waals surface area (Å²) < 4.78 is 0. The van der Waals surface area contributed by atoms with Gasteiger partial charge in [0, 0.05) is 6.54 Å². The fourth-order valence-electron chi connectivity index (χ4n) is 2.69. The van der Waals surface area contributed by atoms with Crippen LogP contribution < -0.4 is 0 Å². The minimum atomic E-state index is -0.696. The molecule has 1 atom stereocenters. The van der Waals surface area contributed by atoms with Crippen LogP contribution in [0.1, 0.15) is 37.2 Å². The van der Waals surface area contributed by atoms with E-state index >= 15 is 0 Å². The van der Waals surface area contributed by atoms with Crippen molar-refractivity contribution in [2.75, 3.05) is 19.6 Å². The lowest BCUT2D eigenvalue weighted by Crippen LogP contribution is -2.27. The van der Waals surface area contributed by atoms with Crippen molar-refractivity contribution in [3.8, 4) is 0 Å². The molecule has 0 spiro atoms. The number of carboxylic acid groups (broad SMARTS) is 1. The molecule has 1 saturated heterocycles. The summed E-state index contributed by atoms with van der Waals surface area (Å²) in [7, 11) is 0. The first kappa shape index (κ1) is 13.1. The second kappa shape index (κ2) is 6.55. The number of carbonyl (C=O) groups is 1. The predicted octanol–water partition coefficient (Wildman–Crippen LogP) is 2.73. The largest absolute Gasteiger partial charge is 0.481 e. The van der Waals surface area contributed by atoms with Gasteiger partial charge in [0.2, 0.25) is 0 Å². The molecule has 0 saturated carbocycles. The van der Waals surface area contributed by atoms with Crippen LogP contribution in [0, 0.1) is 0 Å². The Balaban J connectivity index is 1.87. The van der Waals surface area contributed by atoms with E-state index in [2.05, 4.69) is 35.2 Å². The van der Waals surface area contributed by atoms with E-state index in [-0.39, 0.29) is 6.42 Å². The van der Waals surface area contributed by atoms with E-state index in [4.69, 9.17) is 5.11 Å². The normalized spacial score (nSPS) is 21.4. The van der Waals surface area contributed by atoms with Crippen LogP contribution in [0.5, 0.6) is 0 Å². The maximum Gasteiger partial charge on any atom is 0.304 e. The molecule has 1 aliphatic rings. The Morgan fingerprint density at radius 3 is 2.72 bits per heavy atom. The first-order valence-corrected chi connectivity index (χ1v) is 6.75. The van der Waals surface area contributed by atoms with Gasteiger partial charge in [-0.25, -0.2) is 0 Å². The molecule has 0 radical (unpaired) electrons. The van der Waals surface area contributed by atoms with Gasteiger partial charge in [-0.3, -0.25) is 4.79 Å². The number of aliphatic carboxylic acids is 1. The second-order valence-electron chi connectivity index (χ2n) is 5.02. The summed E-state index contributed by atoms with van der Waals surface area (Å²) in [6, 6.07) is 10.7. The number of benzene rings is 1. The molecular weight excluding hydrogens is 226 g/mol. The highest BCUT2D eigenvalue weighted by Gasteiger charge is 2.18. The number of nitrogens with zero attached hydrogens (tertiary/aromatic N) is 1. The fourth-order valence-corrected chi connectivity index (χ4v) is 2.69. The van der Waals surface area contributed by atoms with E-state index in [0.717, 1.165) is 19.5 Å². The molecule has 1 aromatic rings. The van der Waals surface area contributed by atoms with E-state index in [1.807, 2.05) is 0 Å². The van der Waals surface area contributed by atoms with Crippen LogP contribution in [0.4, 0.5) is 0 Å². The average Bonchev–Trinajstić information content (AvgIpc) is 2.63. The van der Waals surface area contributed by atoms with Gasteiger partial charge in [0.1, 0.15) is 0 Å². The number of hydrogen-bond donors (Lipinski definition) is 1. The van der Waals surface area contributed by atoms with Crippen LogP contribution in [-0.2, 0) is 4.79 Å². The summed E-state index contributed by atoms with van der Waals surface area (Å²) in [6.45, 7) is 2.75. The number of rotatable bonds is 4. The van der Waals surface area contributed by atoms with Crippen LogP contribution in [0.3, 0.4) is 0 Å². The molecule has 1 fully saturated rings. The molecule has 1 aromatic carbocycles. The monoisotopic (exact) mass is 247 g/mol. The molecule has 1 N–H and O–H groups in total. The molecular formula is C15H21NO2. The zero-order valence-corrected chi connectivity index (χ0v) is 10.7. The maximum atomic E-state index is 10.6. The highest BCUT2D eigenvalue weighted by Crippen LogP contribution is 2.27. The number of likely N-dealkylation sites (tertiary alicyclic amines) is 1. The van der Waals surface area contributed by atoms with Gasteiger partial charge in [0.05, 0.1) is 6.42 Å². The van der Waals surface area contributed by atoms with Gasteiger partial charge in [0.15, 0.2) is 0 Å². The molecule has 0 aliphatic carbocycles. The van der Waals surface area contributed by atoms with Crippen molar-refractivity contribution in [2.45, 2.75) is 31.6 Å². The Kier molecular flexibility index (Phi) is 4.76. The Morgan fingerprint density at radius 2 is 2.00 bits per heavy atom. The van der Waals surface area contributed by atoms with E-state index in [9.17, 15) is 4.79 Å². The van der Waals surface area contributed by atoms with Crippen LogP contribution >= 0.6 is 0 Å². The Bertz CT molecular complexity index is 377. The fraction of sp³-hybridized carbons (Fsp3) is 0.533. The van der Waals surface area contributed by atoms with Crippen LogP contribution in [0.2, 0.25) is 0 Å². The van der Waals surface area contributed by atoms with Gasteiger partial charge >= 0.3 is 5.97 Å². The van der Waals surface area contributed by atoms with Gasteiger partial charge in [-0.05, 0) is 43.8 Å². The number of hydrogen-bond acceptors (Lipinski definition) is 2. The summed E-state index contributed by atoms with van der Waals surface area (Å²) in [4.78, 5) is 12.9. The minimum absolute atomic E-state index is 0.260. The third kappa shape index (κ3) is 3.84. The van der Waals surface area contributed by atoms with Gasteiger partial charge < -0.3 is 10.0 Å². The molecule has 0 amide bonds. The Hall–Kier alpha value is -1.35. The third-order valence-corrected chi connectivity index (χ3v) is 3.73. The van der Waals surface area contributed by atoms with Gasteiger partial charge in [-0.2, -0.15) is 0 Å². The van der Waals surface area contributed by atoms with Crippen molar-refractivity contribution in [1.29, 1.82) is 0 Å². The Morgan fingerprint density at radius 1 is 1.22 bits per heavy atom. The van der Waals surface area contributed by atoms with Gasteiger partial charge in [-0.1, -0.05) is 30.3 Å². The molecule has 2 rings (SSSR count). The summed E-state index contributed by atoms with van der Waals surface area (Å²) in [6.07, 6.45) is 3.78. The highest BCUT2D eigenvalue weighted by molar-refractivity contribution is 5.66. The molecule has 3 nitrogen and oxygen atoms in total. The average molecular weight is 247 g/mol. The quantitative estimate of drug-likeness (QED) is 0.889. The minimum Gasteiger partial charge on any atom is -0.481 e. The van der Waals surface area contributed by atoms with Crippen molar-refractivity contribution < 1.29 is 9.90 Å². The van der Waals surface area contributed by atoms with Crippen LogP contribution in [0.15, 0.2) is 30.3 Å². The SMILES string of the molecule is O=C(O)CCN1CCCC(c2ccccc2)CC1. The predicted molar refractivity (Wildman–Crippen MR) is 71.7 cm³/mol. The van der Waals surface area contributed by atoms with Crippen molar-refractivity contribution in [3.63, 3.8) is 0 Å². The van der Waals surface area contributed by atoms with E-state index in [0.29, 0.717) is 12.5 Å². The smallest absolute Gasteiger partial charge is 0.304 e. The first-order valence-electron chi connectivity index (χ1n) is 6.75. The molecule has 0 aromatic heterocycles. The molecule has 1 aliphatic heterocycles. The van der Waals surface area contributed by atoms with Crippen LogP contribution in [-0.4, -0.2) is 35.6 Å². The topological polar surface area (TPSA) is 40.5 Å². The zero-order valence-electron chi connectivity index (χ0n) is 10.7. The molecule has 3 heteroatoms. The number of carboxylic acids is 1. The molecule has 18 heavy (non-hydrogen) atoms. The van der Waals surface area contributed by atoms with Crippen molar-refractivity contribution >= 4 is 5.97 Å². The lowest BCUT2D eigenvalue weighted by Gasteiger charge is -2.19. The van der Waals surface area contributed by atoms with Crippen molar-refractivity contribution in [2.24, 2.45) is 0 Å². The van der Waals surface area contributed by atoms with Crippen LogP contribution in [0.25, 0.3) is 0 Å². The summed E-state index contributed by atoms with van der Waals surface area (Å²) >= 11 is 0. The lowest BCUT2D eigenvalue weighted by atomic mass is 9.92. The second-order valence-corrected chi connectivity index (χ2v) is 5.02.